The zero-order valence-electron chi connectivity index (χ0n) is 18.1. The number of carbonyl (C=O) groups excluding carboxylic acids is 1. The van der Waals surface area contributed by atoms with Crippen molar-refractivity contribution >= 4 is 28.2 Å². The zero-order chi connectivity index (χ0) is 23.8. The number of rotatable bonds is 5. The fourth-order valence-electron chi connectivity index (χ4n) is 4.45. The van der Waals surface area contributed by atoms with Crippen molar-refractivity contribution in [3.63, 3.8) is 0 Å². The molecule has 5 nitrogen and oxygen atoms in total. The molecule has 0 unspecified atom stereocenters. The summed E-state index contributed by atoms with van der Waals surface area (Å²) in [6.07, 6.45) is 4.75. The van der Waals surface area contributed by atoms with Crippen LogP contribution in [0.4, 0.5) is 24.5 Å². The Hall–Kier alpha value is -3.94. The Balaban J connectivity index is 1.43. The number of anilines is 2. The largest absolute Gasteiger partial charge is 0.352 e. The van der Waals surface area contributed by atoms with Crippen molar-refractivity contribution in [2.45, 2.75) is 32.1 Å². The van der Waals surface area contributed by atoms with E-state index in [4.69, 9.17) is 0 Å². The van der Waals surface area contributed by atoms with Crippen molar-refractivity contribution in [2.24, 2.45) is 0 Å². The van der Waals surface area contributed by atoms with Crippen molar-refractivity contribution in [3.05, 3.63) is 98.7 Å². The molecule has 0 bridgehead atoms. The Labute approximate surface area is 192 Å². The van der Waals surface area contributed by atoms with E-state index in [9.17, 15) is 22.8 Å². The molecule has 0 radical (unpaired) electrons. The van der Waals surface area contributed by atoms with Crippen LogP contribution in [0.2, 0.25) is 0 Å². The molecule has 172 valence electrons. The maximum atomic E-state index is 15.0. The molecule has 0 fully saturated rings. The lowest BCUT2D eigenvalue weighted by atomic mass is 9.90. The van der Waals surface area contributed by atoms with Crippen molar-refractivity contribution < 1.29 is 18.0 Å². The second kappa shape index (κ2) is 8.78. The van der Waals surface area contributed by atoms with Crippen LogP contribution in [0, 0.1) is 17.5 Å². The SMILES string of the molecule is O=C(Cc1ccc(Nc2ccnc3[nH]c(=O)c4c(c23)CCCC4)c(F)c1)c1ccc(F)c(F)c1. The molecule has 1 aliphatic rings. The smallest absolute Gasteiger partial charge is 0.253 e. The van der Waals surface area contributed by atoms with Gasteiger partial charge in [0.15, 0.2) is 17.4 Å². The summed E-state index contributed by atoms with van der Waals surface area (Å²) in [7, 11) is 0. The second-order valence-corrected chi connectivity index (χ2v) is 8.37. The van der Waals surface area contributed by atoms with Gasteiger partial charge in [-0.3, -0.25) is 9.59 Å². The first kappa shape index (κ1) is 21.9. The molecule has 0 spiro atoms. The highest BCUT2D eigenvalue weighted by Crippen LogP contribution is 2.32. The molecule has 2 heterocycles. The minimum absolute atomic E-state index is 0.0172. The van der Waals surface area contributed by atoms with Gasteiger partial charge in [0, 0.05) is 29.1 Å². The number of halogens is 3. The van der Waals surface area contributed by atoms with E-state index in [-0.39, 0.29) is 23.2 Å². The Bertz CT molecular complexity index is 1500. The molecule has 2 aromatic carbocycles. The van der Waals surface area contributed by atoms with Crippen LogP contribution in [0.1, 0.15) is 39.9 Å². The Morgan fingerprint density at radius 2 is 1.71 bits per heavy atom. The molecule has 0 saturated carbocycles. The minimum Gasteiger partial charge on any atom is -0.352 e. The number of aromatic amines is 1. The fourth-order valence-corrected chi connectivity index (χ4v) is 4.45. The summed E-state index contributed by atoms with van der Waals surface area (Å²) in [4.78, 5) is 31.9. The molecular weight excluding hydrogens is 443 g/mol. The summed E-state index contributed by atoms with van der Waals surface area (Å²) in [6, 6.07) is 9.02. The number of ketones is 1. The number of aromatic nitrogens is 2. The number of nitrogens with one attached hydrogen (secondary N) is 2. The fraction of sp³-hybridized carbons (Fsp3) is 0.192. The van der Waals surface area contributed by atoms with Gasteiger partial charge in [-0.25, -0.2) is 18.2 Å². The highest BCUT2D eigenvalue weighted by molar-refractivity contribution is 5.97. The van der Waals surface area contributed by atoms with Crippen LogP contribution in [-0.2, 0) is 19.3 Å². The van der Waals surface area contributed by atoms with Gasteiger partial charge >= 0.3 is 0 Å². The van der Waals surface area contributed by atoms with E-state index in [1.54, 1.807) is 18.3 Å². The Morgan fingerprint density at radius 3 is 2.47 bits per heavy atom. The molecule has 34 heavy (non-hydrogen) atoms. The van der Waals surface area contributed by atoms with Crippen molar-refractivity contribution in [1.29, 1.82) is 0 Å². The lowest BCUT2D eigenvalue weighted by molar-refractivity contribution is 0.0992. The minimum atomic E-state index is -1.11. The third-order valence-corrected chi connectivity index (χ3v) is 6.14. The van der Waals surface area contributed by atoms with Crippen LogP contribution in [0.5, 0.6) is 0 Å². The molecule has 4 aromatic rings. The van der Waals surface area contributed by atoms with E-state index >= 15 is 0 Å². The van der Waals surface area contributed by atoms with Crippen molar-refractivity contribution in [3.8, 4) is 0 Å². The Morgan fingerprint density at radius 1 is 0.912 bits per heavy atom. The monoisotopic (exact) mass is 463 g/mol. The van der Waals surface area contributed by atoms with Gasteiger partial charge in [0.1, 0.15) is 11.5 Å². The average Bonchev–Trinajstić information content (AvgIpc) is 2.82. The van der Waals surface area contributed by atoms with Crippen LogP contribution < -0.4 is 10.9 Å². The standard InChI is InChI=1S/C26H20F3N3O2/c27-18-7-6-15(13-19(18)28)23(33)12-14-5-8-21(20(29)11-14)31-22-9-10-30-25-24(22)16-3-1-2-4-17(16)26(34)32-25/h5-11,13H,1-4,12H2,(H2,30,31,32,34). The molecule has 2 N–H and O–H groups in total. The number of aryl methyl sites for hydroxylation is 1. The topological polar surface area (TPSA) is 74.8 Å². The maximum Gasteiger partial charge on any atom is 0.253 e. The average molecular weight is 463 g/mol. The predicted molar refractivity (Wildman–Crippen MR) is 123 cm³/mol. The van der Waals surface area contributed by atoms with Gasteiger partial charge < -0.3 is 10.3 Å². The number of hydrogen-bond donors (Lipinski definition) is 2. The molecule has 2 aromatic heterocycles. The summed E-state index contributed by atoms with van der Waals surface area (Å²) in [5.41, 5.74) is 3.26. The number of H-pyrrole nitrogens is 1. The molecule has 8 heteroatoms. The first-order valence-corrected chi connectivity index (χ1v) is 11.0. The molecule has 0 saturated heterocycles. The summed E-state index contributed by atoms with van der Waals surface area (Å²) in [5, 5.41) is 3.87. The number of pyridine rings is 2. The highest BCUT2D eigenvalue weighted by atomic mass is 19.2. The molecular formula is C26H20F3N3O2. The first-order chi connectivity index (χ1) is 16.4. The van der Waals surface area contributed by atoms with Gasteiger partial charge in [-0.1, -0.05) is 6.07 Å². The third-order valence-electron chi connectivity index (χ3n) is 6.14. The molecule has 0 amide bonds. The molecule has 1 aliphatic carbocycles. The van der Waals surface area contributed by atoms with Crippen LogP contribution in [0.3, 0.4) is 0 Å². The number of hydrogen-bond acceptors (Lipinski definition) is 4. The summed E-state index contributed by atoms with van der Waals surface area (Å²) >= 11 is 0. The number of fused-ring (bicyclic) bond motifs is 3. The highest BCUT2D eigenvalue weighted by Gasteiger charge is 2.20. The maximum absolute atomic E-state index is 15.0. The second-order valence-electron chi connectivity index (χ2n) is 8.37. The van der Waals surface area contributed by atoms with Gasteiger partial charge in [-0.05, 0) is 73.2 Å². The normalized spacial score (nSPS) is 13.0. The van der Waals surface area contributed by atoms with Crippen LogP contribution in [0.15, 0.2) is 53.5 Å². The van der Waals surface area contributed by atoms with Gasteiger partial charge in [0.25, 0.3) is 5.56 Å². The lowest BCUT2D eigenvalue weighted by Gasteiger charge is -2.19. The van der Waals surface area contributed by atoms with E-state index in [0.29, 0.717) is 23.3 Å². The summed E-state index contributed by atoms with van der Waals surface area (Å²) in [6.45, 7) is 0. The van der Waals surface area contributed by atoms with Gasteiger partial charge in [0.2, 0.25) is 0 Å². The van der Waals surface area contributed by atoms with Crippen LogP contribution >= 0.6 is 0 Å². The molecule has 0 atom stereocenters. The Kier molecular flexibility index (Phi) is 5.65. The number of nitrogens with zero attached hydrogens (tertiary/aromatic N) is 1. The van der Waals surface area contributed by atoms with E-state index in [1.165, 1.54) is 18.2 Å². The van der Waals surface area contributed by atoms with Crippen LogP contribution in [0.25, 0.3) is 11.0 Å². The predicted octanol–water partition coefficient (Wildman–Crippen LogP) is 5.39. The van der Waals surface area contributed by atoms with E-state index in [0.717, 1.165) is 47.9 Å². The lowest BCUT2D eigenvalue weighted by Crippen LogP contribution is -2.20. The number of Topliss-reactive ketones (excluding diaryl/α,β-unsaturated/α-hetero) is 1. The third kappa shape index (κ3) is 4.07. The number of carbonyl (C=O) groups is 1. The van der Waals surface area contributed by atoms with E-state index in [1.807, 2.05) is 0 Å². The zero-order valence-corrected chi connectivity index (χ0v) is 18.1. The molecule has 5 rings (SSSR count). The molecule has 0 aliphatic heterocycles. The van der Waals surface area contributed by atoms with Gasteiger partial charge in [-0.15, -0.1) is 0 Å². The van der Waals surface area contributed by atoms with E-state index in [2.05, 4.69) is 15.3 Å². The summed E-state index contributed by atoms with van der Waals surface area (Å²) in [5.74, 6) is -3.16. The van der Waals surface area contributed by atoms with Gasteiger partial charge in [0.05, 0.1) is 11.4 Å². The van der Waals surface area contributed by atoms with Crippen molar-refractivity contribution in [1.82, 2.24) is 9.97 Å². The van der Waals surface area contributed by atoms with Gasteiger partial charge in [-0.2, -0.15) is 0 Å². The van der Waals surface area contributed by atoms with E-state index < -0.39 is 23.2 Å². The van der Waals surface area contributed by atoms with Crippen LogP contribution in [-0.4, -0.2) is 15.8 Å². The quantitative estimate of drug-likeness (QED) is 0.389. The number of benzene rings is 2. The first-order valence-electron chi connectivity index (χ1n) is 11.0. The van der Waals surface area contributed by atoms with Crippen molar-refractivity contribution in [2.75, 3.05) is 5.32 Å². The summed E-state index contributed by atoms with van der Waals surface area (Å²) < 4.78 is 41.5.